The molecule has 0 saturated carbocycles. The van der Waals surface area contributed by atoms with E-state index in [1.54, 1.807) is 24.3 Å². The molecule has 3 aromatic rings. The van der Waals surface area contributed by atoms with Crippen LogP contribution in [0.2, 0.25) is 5.02 Å². The van der Waals surface area contributed by atoms with E-state index in [2.05, 4.69) is 38.5 Å². The van der Waals surface area contributed by atoms with Crippen LogP contribution in [0, 0.1) is 0 Å². The quantitative estimate of drug-likeness (QED) is 0.536. The molecule has 0 unspecified atom stereocenters. The highest BCUT2D eigenvalue weighted by atomic mass is 79.9. The summed E-state index contributed by atoms with van der Waals surface area (Å²) in [5.41, 5.74) is 2.67. The molecule has 0 atom stereocenters. The van der Waals surface area contributed by atoms with Gasteiger partial charge in [0.25, 0.3) is 5.91 Å². The number of nitrogens with zero attached hydrogens (tertiary/aromatic N) is 2. The smallest absolute Gasteiger partial charge is 0.251 e. The van der Waals surface area contributed by atoms with Gasteiger partial charge in [-0.2, -0.15) is 0 Å². The Kier molecular flexibility index (Phi) is 6.12. The number of nitrogens with one attached hydrogen (secondary N) is 1. The van der Waals surface area contributed by atoms with Crippen LogP contribution in [0.1, 0.15) is 22.6 Å². The molecule has 0 fully saturated rings. The summed E-state index contributed by atoms with van der Waals surface area (Å²) in [6.45, 7) is 5.20. The molecule has 3 rings (SSSR count). The van der Waals surface area contributed by atoms with Gasteiger partial charge in [-0.3, -0.25) is 4.79 Å². The molecule has 0 radical (unpaired) electrons. The number of fused-ring (bicyclic) bond motifs is 1. The monoisotopic (exact) mass is 431 g/mol. The standard InChI is InChI=1S/C20H19BrClN3O/c1-14(21)13-25-18-6-3-2-5-17(18)24-19(25)7-4-12-23-20(26)15-8-10-16(22)11-9-15/h2-3,5-6,8-11H,1,4,7,12-13H2,(H,23,26). The van der Waals surface area contributed by atoms with Gasteiger partial charge in [0, 0.05) is 28.0 Å². The number of halogens is 2. The summed E-state index contributed by atoms with van der Waals surface area (Å²) in [5, 5.41) is 3.56. The molecule has 2 aromatic carbocycles. The highest BCUT2D eigenvalue weighted by Gasteiger charge is 2.11. The fraction of sp³-hybridized carbons (Fsp3) is 0.200. The highest BCUT2D eigenvalue weighted by Crippen LogP contribution is 2.19. The van der Waals surface area contributed by atoms with E-state index < -0.39 is 0 Å². The minimum Gasteiger partial charge on any atom is -0.352 e. The highest BCUT2D eigenvalue weighted by molar-refractivity contribution is 9.11. The van der Waals surface area contributed by atoms with E-state index in [-0.39, 0.29) is 5.91 Å². The zero-order chi connectivity index (χ0) is 18.5. The zero-order valence-electron chi connectivity index (χ0n) is 14.2. The Balaban J connectivity index is 1.61. The molecular weight excluding hydrogens is 414 g/mol. The molecule has 0 aliphatic carbocycles. The molecule has 0 spiro atoms. The Morgan fingerprint density at radius 3 is 2.65 bits per heavy atom. The van der Waals surface area contributed by atoms with Gasteiger partial charge in [0.05, 0.1) is 17.6 Å². The van der Waals surface area contributed by atoms with Crippen molar-refractivity contribution in [1.82, 2.24) is 14.9 Å². The van der Waals surface area contributed by atoms with E-state index in [4.69, 9.17) is 16.6 Å². The van der Waals surface area contributed by atoms with Gasteiger partial charge < -0.3 is 9.88 Å². The Hall–Kier alpha value is -2.11. The summed E-state index contributed by atoms with van der Waals surface area (Å²) >= 11 is 9.28. The molecule has 1 aromatic heterocycles. The van der Waals surface area contributed by atoms with Crippen molar-refractivity contribution in [3.63, 3.8) is 0 Å². The number of allylic oxidation sites excluding steroid dienone is 1. The van der Waals surface area contributed by atoms with Gasteiger partial charge >= 0.3 is 0 Å². The third-order valence-electron chi connectivity index (χ3n) is 4.03. The predicted molar refractivity (Wildman–Crippen MR) is 110 cm³/mol. The summed E-state index contributed by atoms with van der Waals surface area (Å²) in [6, 6.07) is 14.9. The molecule has 4 nitrogen and oxygen atoms in total. The lowest BCUT2D eigenvalue weighted by atomic mass is 10.2. The summed E-state index contributed by atoms with van der Waals surface area (Å²) < 4.78 is 3.06. The van der Waals surface area contributed by atoms with Crippen LogP contribution in [0.4, 0.5) is 0 Å². The van der Waals surface area contributed by atoms with Gasteiger partial charge in [0.1, 0.15) is 5.82 Å². The minimum atomic E-state index is -0.0935. The molecule has 1 heterocycles. The summed E-state index contributed by atoms with van der Waals surface area (Å²) in [6.07, 6.45) is 1.58. The normalized spacial score (nSPS) is 10.8. The van der Waals surface area contributed by atoms with E-state index in [9.17, 15) is 4.79 Å². The lowest BCUT2D eigenvalue weighted by molar-refractivity contribution is 0.0953. The number of carbonyl (C=O) groups is 1. The number of rotatable bonds is 7. The number of hydrogen-bond acceptors (Lipinski definition) is 2. The molecular formula is C20H19BrClN3O. The molecule has 26 heavy (non-hydrogen) atoms. The summed E-state index contributed by atoms with van der Waals surface area (Å²) in [5.74, 6) is 0.900. The number of benzene rings is 2. The van der Waals surface area contributed by atoms with E-state index in [0.29, 0.717) is 23.7 Å². The largest absolute Gasteiger partial charge is 0.352 e. The van der Waals surface area contributed by atoms with Gasteiger partial charge in [-0.05, 0) is 42.8 Å². The summed E-state index contributed by atoms with van der Waals surface area (Å²) in [7, 11) is 0. The summed E-state index contributed by atoms with van der Waals surface area (Å²) in [4.78, 5) is 16.9. The maximum atomic E-state index is 12.1. The second-order valence-electron chi connectivity index (χ2n) is 5.99. The fourth-order valence-corrected chi connectivity index (χ4v) is 3.19. The van der Waals surface area contributed by atoms with Gasteiger partial charge in [0.2, 0.25) is 0 Å². The second kappa shape index (κ2) is 8.52. The van der Waals surface area contributed by atoms with Crippen molar-refractivity contribution in [2.24, 2.45) is 0 Å². The SMILES string of the molecule is C=C(Br)Cn1c(CCCNC(=O)c2ccc(Cl)cc2)nc2ccccc21. The van der Waals surface area contributed by atoms with Crippen LogP contribution >= 0.6 is 27.5 Å². The van der Waals surface area contributed by atoms with E-state index >= 15 is 0 Å². The van der Waals surface area contributed by atoms with Crippen LogP contribution in [0.15, 0.2) is 59.6 Å². The van der Waals surface area contributed by atoms with Gasteiger partial charge in [-0.25, -0.2) is 4.98 Å². The Morgan fingerprint density at radius 2 is 1.92 bits per heavy atom. The van der Waals surface area contributed by atoms with Gasteiger partial charge in [-0.15, -0.1) is 0 Å². The number of aryl methyl sites for hydroxylation is 1. The third kappa shape index (κ3) is 4.54. The van der Waals surface area contributed by atoms with Crippen LogP contribution in [-0.4, -0.2) is 22.0 Å². The van der Waals surface area contributed by atoms with Crippen LogP contribution in [0.3, 0.4) is 0 Å². The molecule has 0 bridgehead atoms. The average Bonchev–Trinajstić information content (AvgIpc) is 2.96. The molecule has 0 aliphatic heterocycles. The zero-order valence-corrected chi connectivity index (χ0v) is 16.6. The molecule has 134 valence electrons. The first kappa shape index (κ1) is 18.7. The van der Waals surface area contributed by atoms with Crippen LogP contribution in [0.25, 0.3) is 11.0 Å². The Bertz CT molecular complexity index is 934. The minimum absolute atomic E-state index is 0.0935. The van der Waals surface area contributed by atoms with Crippen molar-refractivity contribution in [2.75, 3.05) is 6.54 Å². The van der Waals surface area contributed by atoms with Crippen molar-refractivity contribution in [2.45, 2.75) is 19.4 Å². The van der Waals surface area contributed by atoms with Crippen molar-refractivity contribution >= 4 is 44.5 Å². The molecule has 1 amide bonds. The Labute approximate surface area is 166 Å². The van der Waals surface area contributed by atoms with Crippen LogP contribution in [0.5, 0.6) is 0 Å². The number of carbonyl (C=O) groups excluding carboxylic acids is 1. The van der Waals surface area contributed by atoms with E-state index in [1.807, 2.05) is 18.2 Å². The molecule has 0 saturated heterocycles. The average molecular weight is 433 g/mol. The number of aromatic nitrogens is 2. The van der Waals surface area contributed by atoms with Crippen molar-refractivity contribution in [3.05, 3.63) is 76.0 Å². The Morgan fingerprint density at radius 1 is 1.19 bits per heavy atom. The maximum absolute atomic E-state index is 12.1. The third-order valence-corrected chi connectivity index (χ3v) is 4.54. The van der Waals surface area contributed by atoms with E-state index in [1.165, 1.54) is 0 Å². The predicted octanol–water partition coefficient (Wildman–Crippen LogP) is 4.96. The van der Waals surface area contributed by atoms with Crippen molar-refractivity contribution in [3.8, 4) is 0 Å². The molecule has 6 heteroatoms. The van der Waals surface area contributed by atoms with Gasteiger partial charge in [0.15, 0.2) is 0 Å². The van der Waals surface area contributed by atoms with Crippen molar-refractivity contribution in [1.29, 1.82) is 0 Å². The lowest BCUT2D eigenvalue weighted by Crippen LogP contribution is -2.25. The van der Waals surface area contributed by atoms with Gasteiger partial charge in [-0.1, -0.05) is 46.2 Å². The number of para-hydroxylation sites is 2. The first-order valence-electron chi connectivity index (χ1n) is 8.36. The lowest BCUT2D eigenvalue weighted by Gasteiger charge is -2.09. The first-order chi connectivity index (χ1) is 12.5. The number of hydrogen-bond donors (Lipinski definition) is 1. The first-order valence-corrected chi connectivity index (χ1v) is 9.53. The van der Waals surface area contributed by atoms with Crippen LogP contribution < -0.4 is 5.32 Å². The van der Waals surface area contributed by atoms with Crippen molar-refractivity contribution < 1.29 is 4.79 Å². The second-order valence-corrected chi connectivity index (χ2v) is 7.54. The number of imidazole rings is 1. The molecule has 0 aliphatic rings. The van der Waals surface area contributed by atoms with E-state index in [0.717, 1.165) is 34.2 Å². The maximum Gasteiger partial charge on any atom is 0.251 e. The van der Waals surface area contributed by atoms with Crippen LogP contribution in [-0.2, 0) is 13.0 Å². The fourth-order valence-electron chi connectivity index (χ4n) is 2.82. The topological polar surface area (TPSA) is 46.9 Å². The molecule has 1 N–H and O–H groups in total. The number of amides is 1.